The van der Waals surface area contributed by atoms with Crippen LogP contribution in [-0.2, 0) is 6.42 Å². The van der Waals surface area contributed by atoms with Crippen LogP contribution in [0.1, 0.15) is 35.1 Å². The molecule has 5 rings (SSSR count). The van der Waals surface area contributed by atoms with Gasteiger partial charge < -0.3 is 15.7 Å². The standard InChI is InChI=1S/C24H23N5O/c1-15-18(13-16-8-10-17(30)11-9-16)24(28-12-4-7-22(28)26)29-21-6-3-2-5-20(21)27-23(29)19(15)14-25/h2-3,5-6,8-11,22,30H,4,7,12-13,26H2,1H3/t22-/m0/s1. The van der Waals surface area contributed by atoms with Crippen LogP contribution in [0.2, 0.25) is 0 Å². The van der Waals surface area contributed by atoms with E-state index >= 15 is 0 Å². The lowest BCUT2D eigenvalue weighted by Gasteiger charge is -2.29. The maximum Gasteiger partial charge on any atom is 0.157 e. The molecule has 4 aromatic rings. The largest absolute Gasteiger partial charge is 0.508 e. The van der Waals surface area contributed by atoms with Crippen LogP contribution in [0.3, 0.4) is 0 Å². The lowest BCUT2D eigenvalue weighted by molar-refractivity contribution is 0.475. The Morgan fingerprint density at radius 3 is 2.67 bits per heavy atom. The van der Waals surface area contributed by atoms with E-state index in [4.69, 9.17) is 10.7 Å². The molecule has 0 bridgehead atoms. The zero-order valence-corrected chi connectivity index (χ0v) is 16.8. The number of para-hydroxylation sites is 2. The summed E-state index contributed by atoms with van der Waals surface area (Å²) in [4.78, 5) is 7.06. The molecule has 1 aliphatic heterocycles. The fourth-order valence-corrected chi connectivity index (χ4v) is 4.55. The molecule has 6 nitrogen and oxygen atoms in total. The van der Waals surface area contributed by atoms with Gasteiger partial charge in [0.2, 0.25) is 0 Å². The minimum atomic E-state index is -0.0692. The normalized spacial score (nSPS) is 16.4. The molecule has 0 aliphatic carbocycles. The van der Waals surface area contributed by atoms with Crippen molar-refractivity contribution in [1.29, 1.82) is 5.26 Å². The van der Waals surface area contributed by atoms with Crippen molar-refractivity contribution in [3.8, 4) is 11.8 Å². The first kappa shape index (κ1) is 18.5. The van der Waals surface area contributed by atoms with Crippen LogP contribution in [0, 0.1) is 18.3 Å². The first-order valence-corrected chi connectivity index (χ1v) is 10.2. The molecule has 2 aromatic heterocycles. The summed E-state index contributed by atoms with van der Waals surface area (Å²) in [6, 6.07) is 17.6. The summed E-state index contributed by atoms with van der Waals surface area (Å²) in [7, 11) is 0. The van der Waals surface area contributed by atoms with Gasteiger partial charge in [-0.2, -0.15) is 5.26 Å². The number of imidazole rings is 1. The number of nitriles is 1. The molecule has 0 unspecified atom stereocenters. The molecule has 1 fully saturated rings. The van der Waals surface area contributed by atoms with Gasteiger partial charge >= 0.3 is 0 Å². The second-order valence-corrected chi connectivity index (χ2v) is 7.92. The van der Waals surface area contributed by atoms with E-state index in [-0.39, 0.29) is 11.9 Å². The molecule has 0 saturated carbocycles. The van der Waals surface area contributed by atoms with Crippen molar-refractivity contribution < 1.29 is 5.11 Å². The van der Waals surface area contributed by atoms with Gasteiger partial charge in [-0.05, 0) is 55.2 Å². The minimum absolute atomic E-state index is 0.0692. The number of fused-ring (bicyclic) bond motifs is 3. The predicted molar refractivity (Wildman–Crippen MR) is 118 cm³/mol. The Balaban J connectivity index is 1.87. The fourth-order valence-electron chi connectivity index (χ4n) is 4.55. The number of phenolic OH excluding ortho intramolecular Hbond substituents is 1. The fraction of sp³-hybridized carbons (Fsp3) is 0.250. The lowest BCUT2D eigenvalue weighted by Crippen LogP contribution is -2.38. The van der Waals surface area contributed by atoms with Gasteiger partial charge in [-0.3, -0.25) is 4.40 Å². The number of hydrogen-bond acceptors (Lipinski definition) is 5. The molecule has 2 aromatic carbocycles. The highest BCUT2D eigenvalue weighted by Crippen LogP contribution is 2.37. The first-order valence-electron chi connectivity index (χ1n) is 10.2. The van der Waals surface area contributed by atoms with E-state index in [1.165, 1.54) is 0 Å². The van der Waals surface area contributed by atoms with E-state index in [9.17, 15) is 10.4 Å². The smallest absolute Gasteiger partial charge is 0.157 e. The number of anilines is 1. The molecular formula is C24H23N5O. The first-order chi connectivity index (χ1) is 14.6. The summed E-state index contributed by atoms with van der Waals surface area (Å²) >= 11 is 0. The van der Waals surface area contributed by atoms with Crippen molar-refractivity contribution in [2.75, 3.05) is 11.4 Å². The highest BCUT2D eigenvalue weighted by Gasteiger charge is 2.29. The van der Waals surface area contributed by atoms with Crippen molar-refractivity contribution >= 4 is 22.5 Å². The number of phenols is 1. The maximum atomic E-state index is 10.0. The number of pyridine rings is 1. The number of nitrogens with two attached hydrogens (primary N) is 1. The molecule has 1 saturated heterocycles. The summed E-state index contributed by atoms with van der Waals surface area (Å²) in [6.45, 7) is 2.87. The van der Waals surface area contributed by atoms with E-state index in [1.54, 1.807) is 12.1 Å². The Bertz CT molecular complexity index is 1300. The highest BCUT2D eigenvalue weighted by atomic mass is 16.3. The Hall–Kier alpha value is -3.56. The Morgan fingerprint density at radius 2 is 1.97 bits per heavy atom. The molecular weight excluding hydrogens is 374 g/mol. The van der Waals surface area contributed by atoms with E-state index in [0.717, 1.165) is 52.9 Å². The Morgan fingerprint density at radius 1 is 1.20 bits per heavy atom. The van der Waals surface area contributed by atoms with E-state index in [1.807, 2.05) is 43.3 Å². The quantitative estimate of drug-likeness (QED) is 0.548. The van der Waals surface area contributed by atoms with Crippen LogP contribution >= 0.6 is 0 Å². The molecule has 1 aliphatic rings. The average molecular weight is 397 g/mol. The van der Waals surface area contributed by atoms with Gasteiger partial charge in [-0.25, -0.2) is 4.98 Å². The number of aromatic hydroxyl groups is 1. The van der Waals surface area contributed by atoms with Crippen molar-refractivity contribution in [3.63, 3.8) is 0 Å². The molecule has 0 amide bonds. The van der Waals surface area contributed by atoms with Crippen LogP contribution in [0.5, 0.6) is 5.75 Å². The molecule has 0 spiro atoms. The molecule has 3 N–H and O–H groups in total. The molecule has 6 heteroatoms. The van der Waals surface area contributed by atoms with Crippen LogP contribution in [0.4, 0.5) is 5.82 Å². The van der Waals surface area contributed by atoms with Gasteiger partial charge in [-0.15, -0.1) is 0 Å². The second-order valence-electron chi connectivity index (χ2n) is 7.92. The predicted octanol–water partition coefficient (Wildman–Crippen LogP) is 3.85. The topological polar surface area (TPSA) is 90.6 Å². The second kappa shape index (κ2) is 7.05. The summed E-state index contributed by atoms with van der Waals surface area (Å²) in [6.07, 6.45) is 2.54. The third-order valence-electron chi connectivity index (χ3n) is 6.09. The maximum absolute atomic E-state index is 10.0. The third kappa shape index (κ3) is 2.78. The van der Waals surface area contributed by atoms with Crippen molar-refractivity contribution in [2.45, 2.75) is 32.4 Å². The summed E-state index contributed by atoms with van der Waals surface area (Å²) in [5.74, 6) is 1.26. The number of aromatic nitrogens is 2. The Kier molecular flexibility index (Phi) is 4.34. The Labute approximate surface area is 174 Å². The summed E-state index contributed by atoms with van der Waals surface area (Å²) in [5, 5.41) is 19.7. The van der Waals surface area contributed by atoms with Crippen molar-refractivity contribution in [3.05, 3.63) is 70.8 Å². The zero-order chi connectivity index (χ0) is 20.8. The number of nitrogens with zero attached hydrogens (tertiary/aromatic N) is 4. The molecule has 150 valence electrons. The average Bonchev–Trinajstić information content (AvgIpc) is 3.34. The van der Waals surface area contributed by atoms with Gasteiger partial charge in [0.15, 0.2) is 5.65 Å². The van der Waals surface area contributed by atoms with Crippen LogP contribution in [0.15, 0.2) is 48.5 Å². The van der Waals surface area contributed by atoms with Gasteiger partial charge in [0.1, 0.15) is 17.6 Å². The van der Waals surface area contributed by atoms with Gasteiger partial charge in [0, 0.05) is 18.5 Å². The molecule has 0 radical (unpaired) electrons. The lowest BCUT2D eigenvalue weighted by atomic mass is 9.97. The number of benzene rings is 2. The molecule has 30 heavy (non-hydrogen) atoms. The van der Waals surface area contributed by atoms with E-state index < -0.39 is 0 Å². The molecule has 1 atom stereocenters. The van der Waals surface area contributed by atoms with Crippen molar-refractivity contribution in [2.24, 2.45) is 5.73 Å². The van der Waals surface area contributed by atoms with Gasteiger partial charge in [0.25, 0.3) is 0 Å². The molecule has 3 heterocycles. The highest BCUT2D eigenvalue weighted by molar-refractivity contribution is 5.86. The zero-order valence-electron chi connectivity index (χ0n) is 16.8. The van der Waals surface area contributed by atoms with Crippen LogP contribution in [0.25, 0.3) is 16.7 Å². The summed E-state index contributed by atoms with van der Waals surface area (Å²) < 4.78 is 2.11. The van der Waals surface area contributed by atoms with Gasteiger partial charge in [0.05, 0.1) is 22.8 Å². The van der Waals surface area contributed by atoms with Crippen LogP contribution < -0.4 is 10.6 Å². The van der Waals surface area contributed by atoms with E-state index in [2.05, 4.69) is 15.4 Å². The third-order valence-corrected chi connectivity index (χ3v) is 6.09. The SMILES string of the molecule is Cc1c(Cc2ccc(O)cc2)c(N2CCC[C@H]2N)n2c(nc3ccccc32)c1C#N. The van der Waals surface area contributed by atoms with Gasteiger partial charge in [-0.1, -0.05) is 24.3 Å². The van der Waals surface area contributed by atoms with E-state index in [0.29, 0.717) is 17.6 Å². The monoisotopic (exact) mass is 397 g/mol. The summed E-state index contributed by atoms with van der Waals surface area (Å²) in [5.41, 5.74) is 12.7. The van der Waals surface area contributed by atoms with Crippen molar-refractivity contribution in [1.82, 2.24) is 9.38 Å². The number of hydrogen-bond donors (Lipinski definition) is 2. The minimum Gasteiger partial charge on any atom is -0.508 e. The number of rotatable bonds is 3. The van der Waals surface area contributed by atoms with Crippen LogP contribution in [-0.4, -0.2) is 27.2 Å².